The van der Waals surface area contributed by atoms with Gasteiger partial charge in [0.2, 0.25) is 0 Å². The topological polar surface area (TPSA) is 478 Å². The third-order valence-corrected chi connectivity index (χ3v) is 7.15. The summed E-state index contributed by atoms with van der Waals surface area (Å²) in [5.41, 5.74) is 2.01. The maximum atomic E-state index is 12.1. The largest absolute Gasteiger partial charge is 3.00 e. The number of carbonyl (C=O) groups excluding carboxylic acids is 2. The van der Waals surface area contributed by atoms with Crippen molar-refractivity contribution in [3.8, 4) is 46.0 Å². The van der Waals surface area contributed by atoms with E-state index in [9.17, 15) is 20.4 Å². The minimum Gasteiger partial charge on any atom is -0.870 e. The average Bonchev–Trinajstić information content (AvgIpc) is 3.32. The Kier molecular flexibility index (Phi) is 67.4. The molecule has 2 N–H and O–H groups in total. The number of hydrogen-bond donors (Lipinski definition) is 2. The molecule has 0 unspecified atom stereocenters. The van der Waals surface area contributed by atoms with E-state index in [4.69, 9.17) is 89.8 Å². The minimum atomic E-state index is -2.33. The monoisotopic (exact) mass is 1460 g/mol. The Morgan fingerprint density at radius 1 is 0.474 bits per heavy atom. The van der Waals surface area contributed by atoms with Crippen LogP contribution in [-0.2, 0) is 34.1 Å². The van der Waals surface area contributed by atoms with Crippen LogP contribution in [0.5, 0.6) is 46.0 Å². The standard InChI is InChI=1S/2C20H24N2O4.2CH2O3.2CH4O.2Cu.2Gd.2NO3/c2*1-3-26-18-10-5-8-16(20(18)24)14-22-12-6-11-21-13-15-7-4-9-17(25-2)19(15)23;2*2-1(3)4;2*1-2;;;;;2*2-1(3)4/h2*4-5,7-10,13-14,23-24H,3,6,11-12H2,1-2H3;2*(H2,2,3,4);2*2H,1H3;;;;;;/q;;;;;;2*+2;2*+3;2*-1/p-8. The van der Waals surface area contributed by atoms with E-state index in [1.54, 1.807) is 97.7 Å². The summed E-state index contributed by atoms with van der Waals surface area (Å²) in [5.74, 6) is 0.639. The first-order chi connectivity index (χ1) is 34.3. The summed E-state index contributed by atoms with van der Waals surface area (Å²) in [7, 11) is 4.93. The van der Waals surface area contributed by atoms with Gasteiger partial charge < -0.3 is 110 Å². The van der Waals surface area contributed by atoms with Crippen molar-refractivity contribution in [3.63, 3.8) is 0 Å². The molecule has 0 fully saturated rings. The fourth-order valence-corrected chi connectivity index (χ4v) is 4.56. The molecule has 32 heteroatoms. The van der Waals surface area contributed by atoms with E-state index >= 15 is 0 Å². The predicted octanol–water partition coefficient (Wildman–Crippen LogP) is -1.82. The van der Waals surface area contributed by atoms with Gasteiger partial charge in [0.05, 0.1) is 37.6 Å². The van der Waals surface area contributed by atoms with Crippen LogP contribution in [0, 0.1) is 111 Å². The number of rotatable bonds is 18. The molecule has 0 aliphatic heterocycles. The Hall–Kier alpha value is -5.49. The molecule has 4 radical (unpaired) electrons. The number of nitrogens with zero attached hydrogens (tertiary/aromatic N) is 6. The van der Waals surface area contributed by atoms with Crippen LogP contribution in [0.25, 0.3) is 0 Å². The smallest absolute Gasteiger partial charge is 0.870 e. The van der Waals surface area contributed by atoms with Crippen LogP contribution in [0.1, 0.15) is 48.9 Å². The maximum absolute atomic E-state index is 12.1. The zero-order valence-electron chi connectivity index (χ0n) is 40.9. The van der Waals surface area contributed by atoms with Gasteiger partial charge in [0.1, 0.15) is 23.0 Å². The van der Waals surface area contributed by atoms with Gasteiger partial charge in [-0.15, -0.1) is 0 Å². The van der Waals surface area contributed by atoms with Crippen LogP contribution in [0.2, 0.25) is 0 Å². The van der Waals surface area contributed by atoms with Crippen LogP contribution >= 0.6 is 0 Å². The number of hydrogen-bond acceptors (Lipinski definition) is 26. The third-order valence-electron chi connectivity index (χ3n) is 7.15. The van der Waals surface area contributed by atoms with Crippen LogP contribution in [0.3, 0.4) is 0 Å². The van der Waals surface area contributed by atoms with Gasteiger partial charge in [-0.25, -0.2) is 0 Å². The molecule has 0 bridgehead atoms. The number of aliphatic imine (C=N–C) groups is 4. The summed E-state index contributed by atoms with van der Waals surface area (Å²) in [6, 6.07) is 20.4. The SMILES string of the molecule is CCOc1cccc(C=NCCCN=Cc2cccc(OC)c2[O-])c1[O-].CCOc1cccc(C=NCCCN=Cc2cccc(OC)c2[O-])c1[O-].CO.CO.O=C([O-])[O-].O=C([O-])[O-].O=[N+]([O-])[O-].O=[N+]([O-])[O-].[Cu+2].[Cu+2].[Gd+3].[Gd+3]. The van der Waals surface area contributed by atoms with E-state index in [0.717, 1.165) is 14.2 Å². The molecule has 0 aromatic heterocycles. The molecule has 0 saturated carbocycles. The Balaban J connectivity index is -0.000000144. The van der Waals surface area contributed by atoms with Gasteiger partial charge in [0, 0.05) is 65.3 Å². The molecular weight excluding hydrogens is 1410 g/mol. The van der Waals surface area contributed by atoms with Gasteiger partial charge in [-0.3, -0.25) is 20.0 Å². The number of benzene rings is 4. The first kappa shape index (κ1) is 87.2. The summed E-state index contributed by atoms with van der Waals surface area (Å²) in [6.07, 6.45) is 2.99. The molecule has 0 spiro atoms. The predicted molar refractivity (Wildman–Crippen MR) is 246 cm³/mol. The summed E-state index contributed by atoms with van der Waals surface area (Å²) < 4.78 is 20.5. The van der Waals surface area contributed by atoms with E-state index in [2.05, 4.69) is 20.0 Å². The quantitative estimate of drug-likeness (QED) is 0.0364. The number of ether oxygens (including phenoxy) is 4. The van der Waals surface area contributed by atoms with Crippen LogP contribution < -0.4 is 59.8 Å². The molecule has 0 heterocycles. The van der Waals surface area contributed by atoms with Crippen molar-refractivity contribution >= 4 is 37.2 Å². The van der Waals surface area contributed by atoms with Crippen molar-refractivity contribution in [1.82, 2.24) is 0 Å². The van der Waals surface area contributed by atoms with E-state index in [-0.39, 0.29) is 137 Å². The van der Waals surface area contributed by atoms with E-state index in [0.29, 0.717) is 97.5 Å². The number of carboxylic acid groups (broad SMARTS) is 4. The molecule has 4 aromatic rings. The molecule has 0 aliphatic rings. The van der Waals surface area contributed by atoms with Crippen molar-refractivity contribution in [3.05, 3.63) is 126 Å². The van der Waals surface area contributed by atoms with Gasteiger partial charge in [0.15, 0.2) is 0 Å². The van der Waals surface area contributed by atoms with Crippen molar-refractivity contribution in [2.24, 2.45) is 20.0 Å². The van der Waals surface area contributed by atoms with Crippen molar-refractivity contribution in [1.29, 1.82) is 0 Å². The number of aliphatic hydroxyl groups excluding tert-OH is 2. The van der Waals surface area contributed by atoms with Crippen LogP contribution in [0.15, 0.2) is 92.8 Å². The van der Waals surface area contributed by atoms with Crippen molar-refractivity contribution in [2.45, 2.75) is 26.7 Å². The number of para-hydroxylation sites is 4. The first-order valence-electron chi connectivity index (χ1n) is 20.1. The van der Waals surface area contributed by atoms with Gasteiger partial charge in [0.25, 0.3) is 0 Å². The summed E-state index contributed by atoms with van der Waals surface area (Å²) in [6.45, 7) is 6.73. The third kappa shape index (κ3) is 48.2. The van der Waals surface area contributed by atoms with Crippen molar-refractivity contribution < 1.29 is 204 Å². The van der Waals surface area contributed by atoms with Gasteiger partial charge >= 0.3 is 114 Å². The molecule has 428 valence electrons. The van der Waals surface area contributed by atoms with Gasteiger partial charge in [-0.1, -0.05) is 71.5 Å². The molecule has 76 heavy (non-hydrogen) atoms. The zero-order chi connectivity index (χ0) is 55.9. The summed E-state index contributed by atoms with van der Waals surface area (Å²) >= 11 is 0. The Morgan fingerprint density at radius 2 is 0.658 bits per heavy atom. The fourth-order valence-electron chi connectivity index (χ4n) is 4.56. The van der Waals surface area contributed by atoms with Gasteiger partial charge in [-0.2, -0.15) is 0 Å². The second-order valence-electron chi connectivity index (χ2n) is 11.8. The van der Waals surface area contributed by atoms with E-state index in [1.165, 1.54) is 14.2 Å². The second-order valence-corrected chi connectivity index (χ2v) is 11.8. The van der Waals surface area contributed by atoms with E-state index < -0.39 is 22.5 Å². The number of aliphatic hydroxyl groups is 2. The maximum Gasteiger partial charge on any atom is 3.00 e. The van der Waals surface area contributed by atoms with Crippen LogP contribution in [0.4, 0.5) is 9.59 Å². The molecule has 4 aromatic carbocycles. The van der Waals surface area contributed by atoms with Gasteiger partial charge in [-0.05, 0) is 85.5 Å². The summed E-state index contributed by atoms with van der Waals surface area (Å²) in [4.78, 5) is 50.2. The van der Waals surface area contributed by atoms with E-state index in [1.807, 2.05) is 13.8 Å². The Bertz CT molecular complexity index is 2070. The average molecular weight is 1460 g/mol. The Morgan fingerprint density at radius 3 is 0.842 bits per heavy atom. The number of carbonyl (C=O) groups is 2. The number of methoxy groups -OCH3 is 2. The Labute approximate surface area is 522 Å². The molecule has 0 atom stereocenters. The molecule has 0 saturated heterocycles. The molecule has 0 aliphatic carbocycles. The molecular formula is C44H52Cu2Gd2N6O22. The van der Waals surface area contributed by atoms with Crippen LogP contribution in [-0.4, -0.2) is 125 Å². The molecule has 28 nitrogen and oxygen atoms in total. The zero-order valence-corrected chi connectivity index (χ0v) is 47.4. The fraction of sp³-hybridized carbons (Fsp3) is 0.318. The minimum absolute atomic E-state index is 0. The summed E-state index contributed by atoms with van der Waals surface area (Å²) in [5, 5.41) is 125. The molecule has 0 amide bonds. The second kappa shape index (κ2) is 58.8. The first-order valence-corrected chi connectivity index (χ1v) is 20.1. The van der Waals surface area contributed by atoms with Crippen molar-refractivity contribution in [2.75, 3.05) is 67.8 Å². The normalized spacial score (nSPS) is 9.16. The molecule has 4 rings (SSSR count).